The summed E-state index contributed by atoms with van der Waals surface area (Å²) < 4.78 is 0. The topological polar surface area (TPSA) is 66.9 Å². The van der Waals surface area contributed by atoms with Crippen LogP contribution in [0.3, 0.4) is 0 Å². The lowest BCUT2D eigenvalue weighted by Gasteiger charge is -2.06. The van der Waals surface area contributed by atoms with Gasteiger partial charge in [-0.15, -0.1) is 11.3 Å². The van der Waals surface area contributed by atoms with Crippen LogP contribution in [-0.4, -0.2) is 22.9 Å². The summed E-state index contributed by atoms with van der Waals surface area (Å²) in [7, 11) is 1.72. The second kappa shape index (κ2) is 5.99. The fraction of sp³-hybridized carbons (Fsp3) is 0.250. The lowest BCUT2D eigenvalue weighted by Crippen LogP contribution is -2.23. The number of carbonyl (C=O) groups is 1. The molecule has 0 aliphatic rings. The minimum absolute atomic E-state index is 0.218. The monoisotopic (exact) mass is 296 g/mol. The minimum atomic E-state index is -0.218. The van der Waals surface area contributed by atoms with Gasteiger partial charge in [0.05, 0.1) is 17.1 Å². The van der Waals surface area contributed by atoms with Crippen molar-refractivity contribution >= 4 is 34.7 Å². The number of thiazole rings is 1. The number of nitrogens with one attached hydrogen (secondary N) is 2. The molecule has 0 saturated heterocycles. The Hall–Kier alpha value is -1.66. The smallest absolute Gasteiger partial charge is 0.253 e. The summed E-state index contributed by atoms with van der Waals surface area (Å²) in [4.78, 5) is 20.3. The number of hydrogen-bond donors (Lipinski definition) is 2. The molecular formula is C12H13ClN4OS. The molecule has 2 aromatic heterocycles. The van der Waals surface area contributed by atoms with Crippen molar-refractivity contribution in [2.75, 3.05) is 12.4 Å². The summed E-state index contributed by atoms with van der Waals surface area (Å²) >= 11 is 7.50. The van der Waals surface area contributed by atoms with Crippen LogP contribution in [0.2, 0.25) is 5.02 Å². The molecule has 2 rings (SSSR count). The molecule has 1 amide bonds. The molecule has 0 unspecified atom stereocenters. The number of halogens is 1. The van der Waals surface area contributed by atoms with Crippen molar-refractivity contribution < 1.29 is 4.79 Å². The van der Waals surface area contributed by atoms with Gasteiger partial charge < -0.3 is 10.6 Å². The van der Waals surface area contributed by atoms with Gasteiger partial charge in [0.2, 0.25) is 0 Å². The summed E-state index contributed by atoms with van der Waals surface area (Å²) in [6, 6.07) is 1.59. The molecule has 19 heavy (non-hydrogen) atoms. The van der Waals surface area contributed by atoms with Gasteiger partial charge in [-0.25, -0.2) is 9.97 Å². The Bertz CT molecular complexity index is 599. The van der Waals surface area contributed by atoms with Gasteiger partial charge in [-0.1, -0.05) is 11.6 Å². The normalized spacial score (nSPS) is 10.3. The molecule has 7 heteroatoms. The number of rotatable bonds is 4. The second-order valence-electron chi connectivity index (χ2n) is 3.87. The Labute approximate surface area is 120 Å². The molecule has 2 aromatic rings. The van der Waals surface area contributed by atoms with E-state index >= 15 is 0 Å². The first-order chi connectivity index (χ1) is 9.10. The van der Waals surface area contributed by atoms with E-state index in [1.165, 1.54) is 17.5 Å². The van der Waals surface area contributed by atoms with E-state index < -0.39 is 0 Å². The Morgan fingerprint density at radius 1 is 1.53 bits per heavy atom. The summed E-state index contributed by atoms with van der Waals surface area (Å²) in [5.74, 6) is 0.332. The molecule has 0 aliphatic heterocycles. The van der Waals surface area contributed by atoms with Crippen molar-refractivity contribution in [1.29, 1.82) is 0 Å². The first-order valence-corrected chi connectivity index (χ1v) is 6.88. The standard InChI is InChI=1S/C12H13ClN4OS/c1-7-6-19-10(17-7)5-16-12(18)8-3-9(13)11(14-2)15-4-8/h3-4,6H,5H2,1-2H3,(H,14,15)(H,16,18). The zero-order valence-electron chi connectivity index (χ0n) is 10.5. The average molecular weight is 297 g/mol. The molecule has 0 saturated carbocycles. The molecule has 2 heterocycles. The van der Waals surface area contributed by atoms with E-state index in [2.05, 4.69) is 20.6 Å². The van der Waals surface area contributed by atoms with Gasteiger partial charge >= 0.3 is 0 Å². The Morgan fingerprint density at radius 3 is 2.89 bits per heavy atom. The maximum Gasteiger partial charge on any atom is 0.253 e. The summed E-state index contributed by atoms with van der Waals surface area (Å²) in [5.41, 5.74) is 1.38. The van der Waals surface area contributed by atoms with Gasteiger partial charge in [0, 0.05) is 24.3 Å². The molecule has 100 valence electrons. The number of anilines is 1. The van der Waals surface area contributed by atoms with E-state index in [4.69, 9.17) is 11.6 Å². The van der Waals surface area contributed by atoms with Crippen molar-refractivity contribution in [2.45, 2.75) is 13.5 Å². The van der Waals surface area contributed by atoms with Crippen LogP contribution in [0.15, 0.2) is 17.6 Å². The van der Waals surface area contributed by atoms with Crippen LogP contribution in [-0.2, 0) is 6.54 Å². The maximum absolute atomic E-state index is 11.9. The van der Waals surface area contributed by atoms with Crippen LogP contribution in [0.4, 0.5) is 5.82 Å². The van der Waals surface area contributed by atoms with Crippen molar-refractivity contribution in [3.05, 3.63) is 38.9 Å². The fourth-order valence-corrected chi connectivity index (χ4v) is 2.46. The van der Waals surface area contributed by atoms with E-state index in [-0.39, 0.29) is 5.91 Å². The highest BCUT2D eigenvalue weighted by Crippen LogP contribution is 2.19. The van der Waals surface area contributed by atoms with Gasteiger partial charge in [0.1, 0.15) is 10.8 Å². The predicted octanol–water partition coefficient (Wildman–Crippen LogP) is 2.47. The molecule has 2 N–H and O–H groups in total. The van der Waals surface area contributed by atoms with Gasteiger partial charge in [0.15, 0.2) is 0 Å². The van der Waals surface area contributed by atoms with Crippen LogP contribution < -0.4 is 10.6 Å². The number of carbonyl (C=O) groups excluding carboxylic acids is 1. The zero-order chi connectivity index (χ0) is 13.8. The predicted molar refractivity (Wildman–Crippen MR) is 76.8 cm³/mol. The Morgan fingerprint density at radius 2 is 2.32 bits per heavy atom. The minimum Gasteiger partial charge on any atom is -0.372 e. The largest absolute Gasteiger partial charge is 0.372 e. The van der Waals surface area contributed by atoms with Crippen LogP contribution >= 0.6 is 22.9 Å². The lowest BCUT2D eigenvalue weighted by atomic mass is 10.2. The van der Waals surface area contributed by atoms with Crippen molar-refractivity contribution in [3.8, 4) is 0 Å². The van der Waals surface area contributed by atoms with Crippen molar-refractivity contribution in [2.24, 2.45) is 0 Å². The molecule has 5 nitrogen and oxygen atoms in total. The van der Waals surface area contributed by atoms with Crippen molar-refractivity contribution in [1.82, 2.24) is 15.3 Å². The second-order valence-corrected chi connectivity index (χ2v) is 5.22. The summed E-state index contributed by atoms with van der Waals surface area (Å²) in [6.45, 7) is 2.32. The van der Waals surface area contributed by atoms with Crippen LogP contribution in [0.25, 0.3) is 0 Å². The summed E-state index contributed by atoms with van der Waals surface area (Å²) in [5, 5.41) is 8.86. The van der Waals surface area contributed by atoms with Crippen LogP contribution in [0, 0.1) is 6.92 Å². The molecule has 0 bridgehead atoms. The highest BCUT2D eigenvalue weighted by Gasteiger charge is 2.09. The SMILES string of the molecule is CNc1ncc(C(=O)NCc2nc(C)cs2)cc1Cl. The Balaban J connectivity index is 2.01. The molecule has 0 radical (unpaired) electrons. The third kappa shape index (κ3) is 3.42. The van der Waals surface area contributed by atoms with E-state index in [9.17, 15) is 4.79 Å². The molecule has 0 aliphatic carbocycles. The van der Waals surface area contributed by atoms with Crippen molar-refractivity contribution in [3.63, 3.8) is 0 Å². The van der Waals surface area contributed by atoms with Gasteiger partial charge in [-0.3, -0.25) is 4.79 Å². The maximum atomic E-state index is 11.9. The van der Waals surface area contributed by atoms with E-state index in [0.29, 0.717) is 22.9 Å². The Kier molecular flexibility index (Phi) is 4.34. The molecule has 0 spiro atoms. The van der Waals surface area contributed by atoms with Gasteiger partial charge in [0.25, 0.3) is 5.91 Å². The third-order valence-electron chi connectivity index (χ3n) is 2.41. The van der Waals surface area contributed by atoms with E-state index in [1.54, 1.807) is 13.1 Å². The summed E-state index contributed by atoms with van der Waals surface area (Å²) in [6.07, 6.45) is 1.49. The first-order valence-electron chi connectivity index (χ1n) is 5.62. The highest BCUT2D eigenvalue weighted by atomic mass is 35.5. The zero-order valence-corrected chi connectivity index (χ0v) is 12.1. The van der Waals surface area contributed by atoms with Gasteiger partial charge in [-0.2, -0.15) is 0 Å². The molecule has 0 atom stereocenters. The lowest BCUT2D eigenvalue weighted by molar-refractivity contribution is 0.0950. The van der Waals surface area contributed by atoms with E-state index in [1.807, 2.05) is 12.3 Å². The molecule has 0 fully saturated rings. The van der Waals surface area contributed by atoms with Crippen LogP contribution in [0.1, 0.15) is 21.1 Å². The molecular weight excluding hydrogens is 284 g/mol. The third-order valence-corrected chi connectivity index (χ3v) is 3.66. The molecule has 0 aromatic carbocycles. The number of nitrogens with zero attached hydrogens (tertiary/aromatic N) is 2. The quantitative estimate of drug-likeness (QED) is 0.909. The number of hydrogen-bond acceptors (Lipinski definition) is 5. The first kappa shape index (κ1) is 13.8. The number of pyridine rings is 1. The number of amides is 1. The van der Waals surface area contributed by atoms with Gasteiger partial charge in [-0.05, 0) is 13.0 Å². The average Bonchev–Trinajstić information content (AvgIpc) is 2.81. The number of aryl methyl sites for hydroxylation is 1. The number of aromatic nitrogens is 2. The van der Waals surface area contributed by atoms with Crippen LogP contribution in [0.5, 0.6) is 0 Å². The fourth-order valence-electron chi connectivity index (χ4n) is 1.49. The highest BCUT2D eigenvalue weighted by molar-refractivity contribution is 7.09. The van der Waals surface area contributed by atoms with E-state index in [0.717, 1.165) is 10.7 Å².